The zero-order valence-electron chi connectivity index (χ0n) is 22.2. The number of hydrogen-bond donors (Lipinski definition) is 1. The van der Waals surface area contributed by atoms with Crippen molar-refractivity contribution in [2.24, 2.45) is 0 Å². The fourth-order valence-corrected chi connectivity index (χ4v) is 5.51. The number of nitrogens with one attached hydrogen (secondary N) is 1. The molecule has 0 fully saturated rings. The van der Waals surface area contributed by atoms with Gasteiger partial charge in [0.15, 0.2) is 5.16 Å². The fraction of sp³-hybridized carbons (Fsp3) is 0.464. The van der Waals surface area contributed by atoms with Crippen molar-refractivity contribution in [3.63, 3.8) is 0 Å². The Kier molecular flexibility index (Phi) is 8.78. The summed E-state index contributed by atoms with van der Waals surface area (Å²) in [5.41, 5.74) is 4.68. The van der Waals surface area contributed by atoms with E-state index in [4.69, 9.17) is 4.98 Å². The summed E-state index contributed by atoms with van der Waals surface area (Å²) in [5.74, 6) is -0.106. The first-order chi connectivity index (χ1) is 16.5. The third kappa shape index (κ3) is 6.33. The number of thioether (sulfide) groups is 1. The molecule has 0 radical (unpaired) electrons. The van der Waals surface area contributed by atoms with Gasteiger partial charge in [-0.3, -0.25) is 19.1 Å². The van der Waals surface area contributed by atoms with Gasteiger partial charge in [0, 0.05) is 30.9 Å². The Balaban J connectivity index is 1.91. The molecule has 0 aliphatic rings. The number of amides is 1. The predicted octanol–water partition coefficient (Wildman–Crippen LogP) is 5.56. The zero-order valence-corrected chi connectivity index (χ0v) is 23.0. The van der Waals surface area contributed by atoms with E-state index in [1.165, 1.54) is 17.3 Å². The molecular weight excluding hydrogens is 456 g/mol. The molecule has 35 heavy (non-hydrogen) atoms. The number of hydrogen-bond acceptors (Lipinski definition) is 5. The first-order valence-corrected chi connectivity index (χ1v) is 13.2. The quantitative estimate of drug-likeness (QED) is 0.312. The maximum absolute atomic E-state index is 13.5. The summed E-state index contributed by atoms with van der Waals surface area (Å²) >= 11 is 1.33. The number of nitrogens with zero attached hydrogens (tertiary/aromatic N) is 3. The van der Waals surface area contributed by atoms with Crippen molar-refractivity contribution >= 4 is 34.3 Å². The number of para-hydroxylation sites is 1. The van der Waals surface area contributed by atoms with Crippen LogP contribution in [0.4, 0.5) is 5.69 Å². The smallest absolute Gasteiger partial charge is 0.262 e. The van der Waals surface area contributed by atoms with Gasteiger partial charge in [-0.15, -0.1) is 0 Å². The minimum atomic E-state index is -0.430. The van der Waals surface area contributed by atoms with E-state index in [1.54, 1.807) is 4.57 Å². The summed E-state index contributed by atoms with van der Waals surface area (Å²) < 4.78 is 1.73. The molecule has 1 atom stereocenters. The lowest BCUT2D eigenvalue weighted by molar-refractivity contribution is -0.115. The second-order valence-corrected chi connectivity index (χ2v) is 11.1. The van der Waals surface area contributed by atoms with Crippen LogP contribution in [0.1, 0.15) is 51.3 Å². The second kappa shape index (κ2) is 11.4. The first-order valence-electron chi connectivity index (χ1n) is 12.3. The number of carbonyl (C=O) groups excluding carboxylic acids is 1. The van der Waals surface area contributed by atoms with Crippen LogP contribution in [0.2, 0.25) is 0 Å². The van der Waals surface area contributed by atoms with Gasteiger partial charge in [-0.25, -0.2) is 4.98 Å². The Morgan fingerprint density at radius 1 is 1.03 bits per heavy atom. The van der Waals surface area contributed by atoms with E-state index in [-0.39, 0.29) is 11.5 Å². The maximum atomic E-state index is 13.5. The summed E-state index contributed by atoms with van der Waals surface area (Å²) in [5, 5.41) is 3.83. The topological polar surface area (TPSA) is 67.2 Å². The summed E-state index contributed by atoms with van der Waals surface area (Å²) in [6.45, 7) is 17.8. The monoisotopic (exact) mass is 494 g/mol. The van der Waals surface area contributed by atoms with Crippen LogP contribution in [-0.4, -0.2) is 44.2 Å². The predicted molar refractivity (Wildman–Crippen MR) is 148 cm³/mol. The number of anilines is 1. The molecule has 7 heteroatoms. The van der Waals surface area contributed by atoms with E-state index >= 15 is 0 Å². The number of aryl methyl sites for hydroxylation is 3. The van der Waals surface area contributed by atoms with Gasteiger partial charge in [0.2, 0.25) is 5.91 Å². The molecule has 1 N–H and O–H groups in total. The number of benzene rings is 2. The normalized spacial score (nSPS) is 12.7. The zero-order chi connectivity index (χ0) is 25.9. The lowest BCUT2D eigenvalue weighted by Gasteiger charge is -2.31. The molecule has 3 aromatic rings. The van der Waals surface area contributed by atoms with Gasteiger partial charge in [0.25, 0.3) is 5.56 Å². The van der Waals surface area contributed by atoms with Crippen molar-refractivity contribution in [2.75, 3.05) is 11.9 Å². The Morgan fingerprint density at radius 3 is 2.23 bits per heavy atom. The van der Waals surface area contributed by atoms with E-state index in [2.05, 4.69) is 57.0 Å². The Labute approximate surface area is 213 Å². The van der Waals surface area contributed by atoms with Gasteiger partial charge in [0.1, 0.15) is 0 Å². The van der Waals surface area contributed by atoms with Crippen LogP contribution in [0, 0.1) is 20.8 Å². The van der Waals surface area contributed by atoms with Crippen molar-refractivity contribution in [3.05, 3.63) is 63.4 Å². The highest BCUT2D eigenvalue weighted by Gasteiger charge is 2.22. The Morgan fingerprint density at radius 2 is 1.63 bits per heavy atom. The SMILES string of the molecule is Cc1cc(C)c(NC(=O)C(C)Sc2nc3ccccc3c(=O)n2CCN(C(C)C)C(C)C)c(C)c1. The minimum absolute atomic E-state index is 0.0663. The van der Waals surface area contributed by atoms with Crippen molar-refractivity contribution < 1.29 is 4.79 Å². The van der Waals surface area contributed by atoms with Gasteiger partial charge in [-0.05, 0) is 78.6 Å². The molecule has 6 nitrogen and oxygen atoms in total. The number of aromatic nitrogens is 2. The van der Waals surface area contributed by atoms with E-state index < -0.39 is 5.25 Å². The van der Waals surface area contributed by atoms with Crippen LogP contribution >= 0.6 is 11.8 Å². The molecule has 188 valence electrons. The van der Waals surface area contributed by atoms with Crippen LogP contribution in [0.15, 0.2) is 46.3 Å². The number of carbonyl (C=O) groups is 1. The van der Waals surface area contributed by atoms with Gasteiger partial charge >= 0.3 is 0 Å². The molecule has 1 aromatic heterocycles. The van der Waals surface area contributed by atoms with E-state index in [9.17, 15) is 9.59 Å². The Hall–Kier alpha value is -2.64. The molecule has 2 aromatic carbocycles. The lowest BCUT2D eigenvalue weighted by Crippen LogP contribution is -2.40. The van der Waals surface area contributed by atoms with Crippen LogP contribution in [0.3, 0.4) is 0 Å². The molecule has 0 saturated carbocycles. The highest BCUT2D eigenvalue weighted by atomic mass is 32.2. The molecule has 0 spiro atoms. The standard InChI is InChI=1S/C28H38N4O2S/c1-17(2)31(18(3)4)13-14-32-27(34)23-11-9-10-12-24(23)29-28(32)35-22(8)26(33)30-25-20(6)15-19(5)16-21(25)7/h9-12,15-18,22H,13-14H2,1-8H3,(H,30,33). The van der Waals surface area contributed by atoms with Crippen LogP contribution in [0.5, 0.6) is 0 Å². The molecule has 3 rings (SSSR count). The average Bonchev–Trinajstić information content (AvgIpc) is 2.77. The third-order valence-corrected chi connectivity index (χ3v) is 7.40. The molecule has 1 heterocycles. The molecule has 1 amide bonds. The van der Waals surface area contributed by atoms with Crippen LogP contribution < -0.4 is 10.9 Å². The van der Waals surface area contributed by atoms with Crippen molar-refractivity contribution in [1.82, 2.24) is 14.5 Å². The number of fused-ring (bicyclic) bond motifs is 1. The van der Waals surface area contributed by atoms with Crippen molar-refractivity contribution in [3.8, 4) is 0 Å². The van der Waals surface area contributed by atoms with Crippen LogP contribution in [-0.2, 0) is 11.3 Å². The third-order valence-electron chi connectivity index (χ3n) is 6.31. The molecular formula is C28H38N4O2S. The highest BCUT2D eigenvalue weighted by molar-refractivity contribution is 8.00. The molecule has 0 bridgehead atoms. The first kappa shape index (κ1) is 27.0. The summed E-state index contributed by atoms with van der Waals surface area (Å²) in [6, 6.07) is 12.3. The lowest BCUT2D eigenvalue weighted by atomic mass is 10.1. The van der Waals surface area contributed by atoms with E-state index in [0.717, 1.165) is 23.4 Å². The van der Waals surface area contributed by atoms with Crippen molar-refractivity contribution in [1.29, 1.82) is 0 Å². The van der Waals surface area contributed by atoms with Gasteiger partial charge in [-0.2, -0.15) is 0 Å². The molecule has 0 saturated heterocycles. The van der Waals surface area contributed by atoms with E-state index in [0.29, 0.717) is 34.7 Å². The van der Waals surface area contributed by atoms with E-state index in [1.807, 2.05) is 45.0 Å². The second-order valence-electron chi connectivity index (χ2n) is 9.82. The van der Waals surface area contributed by atoms with Crippen molar-refractivity contribution in [2.45, 2.75) is 84.4 Å². The summed E-state index contributed by atoms with van der Waals surface area (Å²) in [6.07, 6.45) is 0. The van der Waals surface area contributed by atoms with Gasteiger partial charge < -0.3 is 5.32 Å². The van der Waals surface area contributed by atoms with Gasteiger partial charge in [-0.1, -0.05) is 41.6 Å². The Bertz CT molecular complexity index is 1230. The largest absolute Gasteiger partial charge is 0.325 e. The van der Waals surface area contributed by atoms with Gasteiger partial charge in [0.05, 0.1) is 16.2 Å². The molecule has 1 unspecified atom stereocenters. The molecule has 0 aliphatic heterocycles. The maximum Gasteiger partial charge on any atom is 0.262 e. The van der Waals surface area contributed by atoms with Crippen LogP contribution in [0.25, 0.3) is 10.9 Å². The number of rotatable bonds is 9. The minimum Gasteiger partial charge on any atom is -0.325 e. The fourth-order valence-electron chi connectivity index (χ4n) is 4.58. The molecule has 0 aliphatic carbocycles. The average molecular weight is 495 g/mol. The summed E-state index contributed by atoms with van der Waals surface area (Å²) in [7, 11) is 0. The highest BCUT2D eigenvalue weighted by Crippen LogP contribution is 2.26. The summed E-state index contributed by atoms with van der Waals surface area (Å²) in [4.78, 5) is 33.8.